The highest BCUT2D eigenvalue weighted by atomic mass is 16.6. The Balaban J connectivity index is 4.53. The van der Waals surface area contributed by atoms with Crippen LogP contribution in [0.1, 0.15) is 54.4 Å². The maximum absolute atomic E-state index is 11.9. The first kappa shape index (κ1) is 15.9. The first-order valence-corrected chi connectivity index (χ1v) is 6.19. The van der Waals surface area contributed by atoms with Crippen LogP contribution in [-0.4, -0.2) is 23.5 Å². The molecule has 0 aromatic rings. The van der Waals surface area contributed by atoms with Gasteiger partial charge in [-0.2, -0.15) is 0 Å². The summed E-state index contributed by atoms with van der Waals surface area (Å²) in [5.41, 5.74) is -0.528. The minimum absolute atomic E-state index is 0.0191. The lowest BCUT2D eigenvalue weighted by atomic mass is 10.0. The van der Waals surface area contributed by atoms with Gasteiger partial charge >= 0.3 is 5.97 Å². The number of nitrogens with one attached hydrogen (secondary N) is 1. The minimum Gasteiger partial charge on any atom is -0.458 e. The van der Waals surface area contributed by atoms with Crippen molar-refractivity contribution in [3.8, 4) is 0 Å². The summed E-state index contributed by atoms with van der Waals surface area (Å²) in [6.07, 6.45) is 1.21. The molecule has 100 valence electrons. The van der Waals surface area contributed by atoms with Crippen LogP contribution in [0.5, 0.6) is 0 Å². The zero-order valence-corrected chi connectivity index (χ0v) is 11.8. The van der Waals surface area contributed by atoms with E-state index < -0.39 is 11.6 Å². The van der Waals surface area contributed by atoms with Crippen molar-refractivity contribution in [1.82, 2.24) is 5.32 Å². The lowest BCUT2D eigenvalue weighted by molar-refractivity contribution is -0.160. The van der Waals surface area contributed by atoms with Gasteiger partial charge in [0.25, 0.3) is 0 Å². The summed E-state index contributed by atoms with van der Waals surface area (Å²) in [7, 11) is 0. The number of rotatable bonds is 5. The number of amides is 1. The lowest BCUT2D eigenvalue weighted by Gasteiger charge is -2.26. The van der Waals surface area contributed by atoms with Gasteiger partial charge in [-0.3, -0.25) is 4.79 Å². The van der Waals surface area contributed by atoms with Gasteiger partial charge in [-0.05, 0) is 33.1 Å². The molecule has 0 spiro atoms. The summed E-state index contributed by atoms with van der Waals surface area (Å²) in [4.78, 5) is 23.4. The van der Waals surface area contributed by atoms with Gasteiger partial charge < -0.3 is 10.1 Å². The van der Waals surface area contributed by atoms with E-state index in [4.69, 9.17) is 4.74 Å². The number of carbonyl (C=O) groups is 2. The Morgan fingerprint density at radius 2 is 1.76 bits per heavy atom. The summed E-state index contributed by atoms with van der Waals surface area (Å²) >= 11 is 0. The largest absolute Gasteiger partial charge is 0.458 e. The fraction of sp³-hybridized carbons (Fsp3) is 0.846. The van der Waals surface area contributed by atoms with Gasteiger partial charge in [0, 0.05) is 6.42 Å². The van der Waals surface area contributed by atoms with Gasteiger partial charge in [-0.1, -0.05) is 20.8 Å². The van der Waals surface area contributed by atoms with E-state index >= 15 is 0 Å². The van der Waals surface area contributed by atoms with E-state index in [1.165, 1.54) is 0 Å². The Morgan fingerprint density at radius 3 is 2.12 bits per heavy atom. The van der Waals surface area contributed by atoms with E-state index in [-0.39, 0.29) is 17.8 Å². The molecular formula is C13H25NO3. The standard InChI is InChI=1S/C13H25NO3/c1-7-8-10(15)14-11(9(2)3)12(16)17-13(4,5)6/h9,11H,7-8H2,1-6H3,(H,14,15)/t11-/m0/s1. The molecule has 0 fully saturated rings. The van der Waals surface area contributed by atoms with Crippen LogP contribution < -0.4 is 5.32 Å². The Hall–Kier alpha value is -1.06. The summed E-state index contributed by atoms with van der Waals surface area (Å²) < 4.78 is 5.29. The van der Waals surface area contributed by atoms with E-state index in [0.717, 1.165) is 6.42 Å². The van der Waals surface area contributed by atoms with Crippen LogP contribution in [0, 0.1) is 5.92 Å². The molecule has 0 bridgehead atoms. The molecule has 4 heteroatoms. The van der Waals surface area contributed by atoms with Crippen molar-refractivity contribution >= 4 is 11.9 Å². The molecule has 4 nitrogen and oxygen atoms in total. The molecule has 0 heterocycles. The Morgan fingerprint density at radius 1 is 1.24 bits per heavy atom. The van der Waals surface area contributed by atoms with E-state index in [9.17, 15) is 9.59 Å². The van der Waals surface area contributed by atoms with Crippen LogP contribution in [0.3, 0.4) is 0 Å². The topological polar surface area (TPSA) is 55.4 Å². The van der Waals surface area contributed by atoms with Crippen molar-refractivity contribution in [2.45, 2.75) is 66.0 Å². The van der Waals surface area contributed by atoms with Crippen LogP contribution in [0.15, 0.2) is 0 Å². The summed E-state index contributed by atoms with van der Waals surface area (Å²) in [6.45, 7) is 11.2. The molecule has 17 heavy (non-hydrogen) atoms. The molecule has 0 aliphatic heterocycles. The number of carbonyl (C=O) groups excluding carboxylic acids is 2. The molecule has 0 aliphatic rings. The summed E-state index contributed by atoms with van der Waals surface area (Å²) in [6, 6.07) is -0.562. The van der Waals surface area contributed by atoms with Crippen LogP contribution >= 0.6 is 0 Å². The third kappa shape index (κ3) is 6.97. The Kier molecular flexibility index (Phi) is 6.21. The van der Waals surface area contributed by atoms with Gasteiger partial charge in [0.1, 0.15) is 11.6 Å². The molecule has 0 rings (SSSR count). The van der Waals surface area contributed by atoms with E-state index in [0.29, 0.717) is 6.42 Å². The molecule has 0 aliphatic carbocycles. The normalized spacial score (nSPS) is 13.4. The average molecular weight is 243 g/mol. The number of ether oxygens (including phenoxy) is 1. The van der Waals surface area contributed by atoms with Crippen molar-refractivity contribution in [1.29, 1.82) is 0 Å². The number of hydrogen-bond acceptors (Lipinski definition) is 3. The third-order valence-electron chi connectivity index (χ3n) is 2.12. The lowest BCUT2D eigenvalue weighted by Crippen LogP contribution is -2.47. The first-order chi connectivity index (χ1) is 7.67. The Labute approximate surface area is 104 Å². The van der Waals surface area contributed by atoms with Gasteiger partial charge in [-0.15, -0.1) is 0 Å². The molecular weight excluding hydrogens is 218 g/mol. The maximum Gasteiger partial charge on any atom is 0.329 e. The summed E-state index contributed by atoms with van der Waals surface area (Å²) in [5.74, 6) is -0.445. The Bertz CT molecular complexity index is 266. The van der Waals surface area contributed by atoms with Gasteiger partial charge in [0.15, 0.2) is 0 Å². The minimum atomic E-state index is -0.562. The highest BCUT2D eigenvalue weighted by molar-refractivity contribution is 5.84. The molecule has 1 amide bonds. The van der Waals surface area contributed by atoms with Gasteiger partial charge in [0.05, 0.1) is 0 Å². The second kappa shape index (κ2) is 6.62. The van der Waals surface area contributed by atoms with Gasteiger partial charge in [-0.25, -0.2) is 4.79 Å². The number of esters is 1. The maximum atomic E-state index is 11.9. The van der Waals surface area contributed by atoms with Crippen molar-refractivity contribution < 1.29 is 14.3 Å². The number of hydrogen-bond donors (Lipinski definition) is 1. The van der Waals surface area contributed by atoms with E-state index in [1.807, 2.05) is 41.5 Å². The van der Waals surface area contributed by atoms with Crippen LogP contribution in [0.25, 0.3) is 0 Å². The van der Waals surface area contributed by atoms with Crippen molar-refractivity contribution in [3.05, 3.63) is 0 Å². The van der Waals surface area contributed by atoms with Crippen LogP contribution in [-0.2, 0) is 14.3 Å². The fourth-order valence-corrected chi connectivity index (χ4v) is 1.34. The quantitative estimate of drug-likeness (QED) is 0.754. The third-order valence-corrected chi connectivity index (χ3v) is 2.12. The molecule has 0 saturated carbocycles. The molecule has 0 unspecified atom stereocenters. The van der Waals surface area contributed by atoms with Crippen molar-refractivity contribution in [3.63, 3.8) is 0 Å². The average Bonchev–Trinajstić information content (AvgIpc) is 2.11. The second-order valence-corrected chi connectivity index (χ2v) is 5.57. The van der Waals surface area contributed by atoms with Crippen molar-refractivity contribution in [2.24, 2.45) is 5.92 Å². The summed E-state index contributed by atoms with van der Waals surface area (Å²) in [5, 5.41) is 2.73. The van der Waals surface area contributed by atoms with E-state index in [1.54, 1.807) is 0 Å². The van der Waals surface area contributed by atoms with Gasteiger partial charge in [0.2, 0.25) is 5.91 Å². The molecule has 0 aromatic carbocycles. The zero-order chi connectivity index (χ0) is 13.6. The molecule has 1 N–H and O–H groups in total. The highest BCUT2D eigenvalue weighted by Crippen LogP contribution is 2.12. The molecule has 0 aromatic heterocycles. The predicted octanol–water partition coefficient (Wildman–Crippen LogP) is 2.27. The zero-order valence-electron chi connectivity index (χ0n) is 11.8. The first-order valence-electron chi connectivity index (χ1n) is 6.19. The SMILES string of the molecule is CCCC(=O)N[C@H](C(=O)OC(C)(C)C)C(C)C. The van der Waals surface area contributed by atoms with Crippen LogP contribution in [0.2, 0.25) is 0 Å². The second-order valence-electron chi connectivity index (χ2n) is 5.57. The molecule has 1 atom stereocenters. The monoisotopic (exact) mass is 243 g/mol. The van der Waals surface area contributed by atoms with Crippen LogP contribution in [0.4, 0.5) is 0 Å². The highest BCUT2D eigenvalue weighted by Gasteiger charge is 2.28. The molecule has 0 saturated heterocycles. The predicted molar refractivity (Wildman–Crippen MR) is 67.5 cm³/mol. The smallest absolute Gasteiger partial charge is 0.329 e. The van der Waals surface area contributed by atoms with Crippen molar-refractivity contribution in [2.75, 3.05) is 0 Å². The molecule has 0 radical (unpaired) electrons. The fourth-order valence-electron chi connectivity index (χ4n) is 1.34. The van der Waals surface area contributed by atoms with E-state index in [2.05, 4.69) is 5.32 Å².